The number of carbonyl (C=O) groups is 1. The molecule has 1 amide bonds. The molecule has 0 aliphatic heterocycles. The van der Waals surface area contributed by atoms with Crippen molar-refractivity contribution in [3.63, 3.8) is 0 Å². The van der Waals surface area contributed by atoms with E-state index in [-0.39, 0.29) is 16.7 Å². The molecule has 2 unspecified atom stereocenters. The summed E-state index contributed by atoms with van der Waals surface area (Å²) in [4.78, 5) is 12.9. The number of aryl methyl sites for hydroxylation is 1. The van der Waals surface area contributed by atoms with Gasteiger partial charge in [-0.2, -0.15) is 0 Å². The average Bonchev–Trinajstić information content (AvgIpc) is 3.15. The molecule has 0 bridgehead atoms. The van der Waals surface area contributed by atoms with Gasteiger partial charge in [0.1, 0.15) is 5.75 Å². The van der Waals surface area contributed by atoms with Crippen molar-refractivity contribution in [1.29, 1.82) is 0 Å². The Hall–Kier alpha value is -2.59. The molecular weight excluding hydrogens is 651 g/mol. The molecule has 0 saturated heterocycles. The third-order valence-corrected chi connectivity index (χ3v) is 12.7. The summed E-state index contributed by atoms with van der Waals surface area (Å²) in [5, 5.41) is 11.9. The lowest BCUT2D eigenvalue weighted by Crippen LogP contribution is -2.48. The van der Waals surface area contributed by atoms with Gasteiger partial charge < -0.3 is 15.6 Å². The van der Waals surface area contributed by atoms with Gasteiger partial charge in [-0.15, -0.1) is 0 Å². The largest absolute Gasteiger partial charge is 0.493 e. The van der Waals surface area contributed by atoms with Crippen molar-refractivity contribution in [3.05, 3.63) is 70.3 Å². The van der Waals surface area contributed by atoms with Crippen LogP contribution in [0.2, 0.25) is 0 Å². The number of aliphatic hydroxyl groups is 1. The van der Waals surface area contributed by atoms with Crippen LogP contribution in [0.5, 0.6) is 5.75 Å². The van der Waals surface area contributed by atoms with Crippen LogP contribution < -0.4 is 10.5 Å². The topological polar surface area (TPSA) is 72.5 Å². The number of rotatable bonds is 28. The summed E-state index contributed by atoms with van der Waals surface area (Å²) in [7, 11) is 0. The van der Waals surface area contributed by atoms with Gasteiger partial charge in [-0.3, -0.25) is 4.79 Å². The average molecular weight is 730 g/mol. The standard InChI is InChI=1S/C49H79NO3/c1-8-11-12-13-14-15-16-17-18-19-20-21-22-23-24-25-28-39-30-31-40-32-33-41(49(52,46(50)51)43(40)37-39)29-26-27-36-53-45-35-34-42(47(4,5)9-2)38-44(45)48(6,7)10-3/h30-35,37-38,41,52H,8-29,36H2,1-7H3,(H2,50,51). The molecule has 2 aromatic carbocycles. The number of benzene rings is 2. The summed E-state index contributed by atoms with van der Waals surface area (Å²) >= 11 is 0. The van der Waals surface area contributed by atoms with Crippen molar-refractivity contribution < 1.29 is 14.6 Å². The summed E-state index contributed by atoms with van der Waals surface area (Å²) in [5.41, 5.74) is 9.77. The van der Waals surface area contributed by atoms with Crippen molar-refractivity contribution in [2.45, 2.75) is 206 Å². The van der Waals surface area contributed by atoms with E-state index in [4.69, 9.17) is 10.5 Å². The van der Waals surface area contributed by atoms with E-state index in [0.29, 0.717) is 18.6 Å². The second-order valence-electron chi connectivity index (χ2n) is 17.6. The fourth-order valence-electron chi connectivity index (χ4n) is 7.94. The summed E-state index contributed by atoms with van der Waals surface area (Å²) in [6, 6.07) is 13.0. The molecule has 53 heavy (non-hydrogen) atoms. The Morgan fingerprint density at radius 1 is 0.717 bits per heavy atom. The number of unbranched alkanes of at least 4 members (excludes halogenated alkanes) is 16. The van der Waals surface area contributed by atoms with Crippen molar-refractivity contribution in [3.8, 4) is 5.75 Å². The van der Waals surface area contributed by atoms with Crippen LogP contribution in [-0.4, -0.2) is 17.6 Å². The summed E-state index contributed by atoms with van der Waals surface area (Å²) in [6.07, 6.45) is 31.2. The molecule has 1 aliphatic carbocycles. The second-order valence-corrected chi connectivity index (χ2v) is 17.6. The maximum Gasteiger partial charge on any atom is 0.254 e. The molecule has 2 atom stereocenters. The number of amides is 1. The van der Waals surface area contributed by atoms with Crippen LogP contribution in [0, 0.1) is 5.92 Å². The monoisotopic (exact) mass is 730 g/mol. The van der Waals surface area contributed by atoms with Crippen molar-refractivity contribution in [1.82, 2.24) is 0 Å². The lowest BCUT2D eigenvalue weighted by Gasteiger charge is -2.36. The van der Waals surface area contributed by atoms with Gasteiger partial charge in [0.2, 0.25) is 0 Å². The van der Waals surface area contributed by atoms with Gasteiger partial charge >= 0.3 is 0 Å². The maximum atomic E-state index is 12.9. The van der Waals surface area contributed by atoms with Crippen molar-refractivity contribution in [2.24, 2.45) is 11.7 Å². The van der Waals surface area contributed by atoms with Gasteiger partial charge in [0.25, 0.3) is 5.91 Å². The first-order chi connectivity index (χ1) is 25.4. The van der Waals surface area contributed by atoms with Crippen LogP contribution in [0.3, 0.4) is 0 Å². The molecule has 0 spiro atoms. The number of hydrogen-bond donors (Lipinski definition) is 2. The minimum absolute atomic E-state index is 0.0121. The molecule has 3 rings (SSSR count). The molecular formula is C49H79NO3. The molecule has 0 fully saturated rings. The lowest BCUT2D eigenvalue weighted by molar-refractivity contribution is -0.142. The van der Waals surface area contributed by atoms with Crippen LogP contribution in [0.1, 0.15) is 211 Å². The van der Waals surface area contributed by atoms with Gasteiger partial charge in [-0.1, -0.05) is 187 Å². The Kier molecular flexibility index (Phi) is 19.2. The zero-order valence-electron chi connectivity index (χ0n) is 35.3. The molecule has 298 valence electrons. The third-order valence-electron chi connectivity index (χ3n) is 12.7. The minimum atomic E-state index is -1.70. The fourth-order valence-corrected chi connectivity index (χ4v) is 7.94. The van der Waals surface area contributed by atoms with E-state index in [1.165, 1.54) is 113 Å². The molecule has 1 aliphatic rings. The molecule has 0 aromatic heterocycles. The van der Waals surface area contributed by atoms with Gasteiger partial charge in [-0.25, -0.2) is 0 Å². The van der Waals surface area contributed by atoms with Crippen LogP contribution in [-0.2, 0) is 27.6 Å². The van der Waals surface area contributed by atoms with Crippen molar-refractivity contribution in [2.75, 3.05) is 6.61 Å². The second kappa shape index (κ2) is 22.7. The molecule has 4 nitrogen and oxygen atoms in total. The highest BCUT2D eigenvalue weighted by Crippen LogP contribution is 2.42. The molecule has 0 saturated carbocycles. The van der Waals surface area contributed by atoms with Gasteiger partial charge in [0.15, 0.2) is 5.60 Å². The molecule has 2 aromatic rings. The number of carbonyl (C=O) groups excluding carboxylic acids is 1. The number of ether oxygens (including phenoxy) is 1. The number of fused-ring (bicyclic) bond motifs is 1. The Bertz CT molecular complexity index is 1390. The van der Waals surface area contributed by atoms with Crippen molar-refractivity contribution >= 4 is 12.0 Å². The maximum absolute atomic E-state index is 12.9. The summed E-state index contributed by atoms with van der Waals surface area (Å²) in [5.74, 6) is -0.0570. The summed E-state index contributed by atoms with van der Waals surface area (Å²) in [6.45, 7) is 16.6. The van der Waals surface area contributed by atoms with Crippen LogP contribution >= 0.6 is 0 Å². The van der Waals surface area contributed by atoms with E-state index in [0.717, 1.165) is 49.8 Å². The highest BCUT2D eigenvalue weighted by atomic mass is 16.5. The predicted molar refractivity (Wildman–Crippen MR) is 228 cm³/mol. The predicted octanol–water partition coefficient (Wildman–Crippen LogP) is 13.4. The van der Waals surface area contributed by atoms with E-state index in [2.05, 4.69) is 78.8 Å². The zero-order valence-corrected chi connectivity index (χ0v) is 35.3. The van der Waals surface area contributed by atoms with Crippen LogP contribution in [0.15, 0.2) is 42.5 Å². The smallest absolute Gasteiger partial charge is 0.254 e. The number of primary amides is 1. The number of nitrogens with two attached hydrogens (primary N) is 1. The Balaban J connectivity index is 1.43. The summed E-state index contributed by atoms with van der Waals surface area (Å²) < 4.78 is 6.42. The van der Waals surface area contributed by atoms with E-state index < -0.39 is 11.5 Å². The Morgan fingerprint density at radius 2 is 1.28 bits per heavy atom. The highest BCUT2D eigenvalue weighted by Gasteiger charge is 2.45. The molecule has 0 heterocycles. The quantitative estimate of drug-likeness (QED) is 0.0857. The Labute approximate surface area is 326 Å². The van der Waals surface area contributed by atoms with E-state index >= 15 is 0 Å². The van der Waals surface area contributed by atoms with E-state index in [1.807, 2.05) is 18.2 Å². The van der Waals surface area contributed by atoms with Crippen LogP contribution in [0.4, 0.5) is 0 Å². The first-order valence-electron chi connectivity index (χ1n) is 22.0. The van der Waals surface area contributed by atoms with Gasteiger partial charge in [-0.05, 0) is 78.5 Å². The third kappa shape index (κ3) is 13.6. The number of hydrogen-bond acceptors (Lipinski definition) is 3. The van der Waals surface area contributed by atoms with E-state index in [9.17, 15) is 9.90 Å². The SMILES string of the molecule is CCCCCCCCCCCCCCCCCCc1ccc2c(c1)C(O)(C(N)=O)C(CCCCOc1ccc(C(C)(C)CC)cc1C(C)(C)CC)C=C2. The van der Waals surface area contributed by atoms with Gasteiger partial charge in [0.05, 0.1) is 6.61 Å². The first kappa shape index (κ1) is 44.8. The zero-order chi connectivity index (χ0) is 38.7. The van der Waals surface area contributed by atoms with Crippen LogP contribution in [0.25, 0.3) is 6.08 Å². The molecule has 3 N–H and O–H groups in total. The molecule has 4 heteroatoms. The lowest BCUT2D eigenvalue weighted by atomic mass is 9.72. The minimum Gasteiger partial charge on any atom is -0.493 e. The fraction of sp³-hybridized carbons (Fsp3) is 0.694. The first-order valence-corrected chi connectivity index (χ1v) is 22.0. The highest BCUT2D eigenvalue weighted by molar-refractivity contribution is 5.88. The molecule has 0 radical (unpaired) electrons. The van der Waals surface area contributed by atoms with E-state index in [1.54, 1.807) is 0 Å². The Morgan fingerprint density at radius 3 is 1.83 bits per heavy atom. The van der Waals surface area contributed by atoms with Gasteiger partial charge in [0, 0.05) is 17.0 Å². The normalized spacial score (nSPS) is 17.2.